The summed E-state index contributed by atoms with van der Waals surface area (Å²) in [6, 6.07) is 13.1. The number of benzene rings is 2. The second-order valence-corrected chi connectivity index (χ2v) is 6.63. The molecule has 0 unspecified atom stereocenters. The van der Waals surface area contributed by atoms with Crippen LogP contribution in [0, 0.1) is 0 Å². The van der Waals surface area contributed by atoms with Crippen molar-refractivity contribution in [1.82, 2.24) is 5.32 Å². The Morgan fingerprint density at radius 2 is 1.83 bits per heavy atom. The van der Waals surface area contributed by atoms with Crippen LogP contribution >= 0.6 is 0 Å². The molecule has 1 fully saturated rings. The fourth-order valence-electron chi connectivity index (χ4n) is 2.71. The van der Waals surface area contributed by atoms with Gasteiger partial charge in [0.1, 0.15) is 0 Å². The molecule has 0 spiro atoms. The lowest BCUT2D eigenvalue weighted by Gasteiger charge is -2.17. The van der Waals surface area contributed by atoms with Crippen LogP contribution in [0.3, 0.4) is 0 Å². The predicted molar refractivity (Wildman–Crippen MR) is 105 cm³/mol. The summed E-state index contributed by atoms with van der Waals surface area (Å²) >= 11 is 0. The first-order valence-electron chi connectivity index (χ1n) is 9.33. The quantitative estimate of drug-likeness (QED) is 0.495. The summed E-state index contributed by atoms with van der Waals surface area (Å²) in [4.78, 5) is 24.8. The number of nitrogens with one attached hydrogen (secondary N) is 1. The summed E-state index contributed by atoms with van der Waals surface area (Å²) in [6.07, 6.45) is 3.34. The number of rotatable bonds is 9. The van der Waals surface area contributed by atoms with Crippen molar-refractivity contribution in [2.45, 2.75) is 31.6 Å². The molecule has 30 heavy (non-hydrogen) atoms. The van der Waals surface area contributed by atoms with Gasteiger partial charge in [-0.3, -0.25) is 4.79 Å². The van der Waals surface area contributed by atoms with Crippen molar-refractivity contribution < 1.29 is 32.6 Å². The molecule has 1 amide bonds. The zero-order valence-electron chi connectivity index (χ0n) is 16.2. The van der Waals surface area contributed by atoms with E-state index in [1.807, 2.05) is 0 Å². The number of ether oxygens (including phenoxy) is 3. The Hall–Kier alpha value is -3.42. The standard InChI is InChI=1S/C22H21F2NO5/c1-28-18-13-14(7-11-17(18)29-22(23)24)8-12-19(26)30-20(15-5-3-2-4-6-15)21(27)25-16-9-10-16/h2-8,11-13,16,20,22H,9-10H2,1H3,(H,25,27)/b12-8+/t20-/m0/s1. The minimum atomic E-state index is -2.98. The number of halogens is 2. The molecule has 0 aromatic heterocycles. The number of carbonyl (C=O) groups excluding carboxylic acids is 2. The fraction of sp³-hybridized carbons (Fsp3) is 0.273. The number of amides is 1. The zero-order chi connectivity index (χ0) is 21.5. The first kappa shape index (κ1) is 21.3. The molecule has 0 bridgehead atoms. The molecular weight excluding hydrogens is 396 g/mol. The molecule has 3 rings (SSSR count). The van der Waals surface area contributed by atoms with Gasteiger partial charge < -0.3 is 19.5 Å². The Kier molecular flexibility index (Phi) is 7.00. The van der Waals surface area contributed by atoms with Crippen LogP contribution in [-0.2, 0) is 14.3 Å². The molecule has 8 heteroatoms. The van der Waals surface area contributed by atoms with Gasteiger partial charge in [0.2, 0.25) is 6.10 Å². The van der Waals surface area contributed by atoms with Crippen molar-refractivity contribution in [3.8, 4) is 11.5 Å². The number of alkyl halides is 2. The summed E-state index contributed by atoms with van der Waals surface area (Å²) in [6.45, 7) is -2.98. The largest absolute Gasteiger partial charge is 0.493 e. The van der Waals surface area contributed by atoms with E-state index in [2.05, 4.69) is 10.1 Å². The molecule has 0 heterocycles. The maximum atomic E-state index is 12.5. The highest BCUT2D eigenvalue weighted by Crippen LogP contribution is 2.30. The Bertz CT molecular complexity index is 913. The normalized spacial score (nSPS) is 14.4. The Balaban J connectivity index is 1.70. The summed E-state index contributed by atoms with van der Waals surface area (Å²) in [7, 11) is 1.32. The van der Waals surface area contributed by atoms with Crippen LogP contribution in [0.25, 0.3) is 6.08 Å². The lowest BCUT2D eigenvalue weighted by Crippen LogP contribution is -2.33. The van der Waals surface area contributed by atoms with Crippen LogP contribution in [-0.4, -0.2) is 31.6 Å². The Labute approximate surface area is 172 Å². The molecular formula is C22H21F2NO5. The van der Waals surface area contributed by atoms with Gasteiger partial charge >= 0.3 is 12.6 Å². The van der Waals surface area contributed by atoms with Crippen LogP contribution in [0.5, 0.6) is 11.5 Å². The Morgan fingerprint density at radius 1 is 1.10 bits per heavy atom. The van der Waals surface area contributed by atoms with Crippen molar-refractivity contribution in [3.05, 3.63) is 65.7 Å². The number of esters is 1. The molecule has 6 nitrogen and oxygen atoms in total. The summed E-state index contributed by atoms with van der Waals surface area (Å²) in [5.74, 6) is -1.12. The lowest BCUT2D eigenvalue weighted by molar-refractivity contribution is -0.151. The summed E-state index contributed by atoms with van der Waals surface area (Å²) in [5, 5.41) is 2.84. The molecule has 1 atom stereocenters. The van der Waals surface area contributed by atoms with E-state index in [9.17, 15) is 18.4 Å². The third-order valence-electron chi connectivity index (χ3n) is 4.31. The van der Waals surface area contributed by atoms with Crippen LogP contribution in [0.4, 0.5) is 8.78 Å². The van der Waals surface area contributed by atoms with Gasteiger partial charge in [0.25, 0.3) is 5.91 Å². The number of hydrogen-bond acceptors (Lipinski definition) is 5. The number of hydrogen-bond donors (Lipinski definition) is 1. The number of methoxy groups -OCH3 is 1. The van der Waals surface area contributed by atoms with E-state index >= 15 is 0 Å². The van der Waals surface area contributed by atoms with Gasteiger partial charge in [-0.05, 0) is 36.6 Å². The van der Waals surface area contributed by atoms with E-state index < -0.39 is 18.7 Å². The molecule has 2 aromatic carbocycles. The first-order valence-corrected chi connectivity index (χ1v) is 9.33. The highest BCUT2D eigenvalue weighted by molar-refractivity contribution is 5.91. The topological polar surface area (TPSA) is 73.9 Å². The van der Waals surface area contributed by atoms with Crippen molar-refractivity contribution in [3.63, 3.8) is 0 Å². The van der Waals surface area contributed by atoms with Crippen molar-refractivity contribution in [2.24, 2.45) is 0 Å². The molecule has 1 N–H and O–H groups in total. The Morgan fingerprint density at radius 3 is 2.47 bits per heavy atom. The minimum absolute atomic E-state index is 0.0943. The second kappa shape index (κ2) is 9.87. The second-order valence-electron chi connectivity index (χ2n) is 6.63. The van der Waals surface area contributed by atoms with E-state index in [1.165, 1.54) is 31.4 Å². The molecule has 1 aliphatic carbocycles. The van der Waals surface area contributed by atoms with Gasteiger partial charge in [-0.15, -0.1) is 0 Å². The van der Waals surface area contributed by atoms with Crippen LogP contribution in [0.15, 0.2) is 54.6 Å². The molecule has 0 saturated heterocycles. The van der Waals surface area contributed by atoms with E-state index in [-0.39, 0.29) is 23.4 Å². The van der Waals surface area contributed by atoms with Gasteiger partial charge in [0.05, 0.1) is 7.11 Å². The first-order chi connectivity index (χ1) is 14.5. The predicted octanol–water partition coefficient (Wildman–Crippen LogP) is 3.87. The molecule has 0 radical (unpaired) electrons. The van der Waals surface area contributed by atoms with Gasteiger partial charge in [-0.1, -0.05) is 36.4 Å². The smallest absolute Gasteiger partial charge is 0.387 e. The van der Waals surface area contributed by atoms with Crippen molar-refractivity contribution >= 4 is 18.0 Å². The number of carbonyl (C=O) groups is 2. The highest BCUT2D eigenvalue weighted by atomic mass is 19.3. The monoisotopic (exact) mass is 417 g/mol. The minimum Gasteiger partial charge on any atom is -0.493 e. The third-order valence-corrected chi connectivity index (χ3v) is 4.31. The SMILES string of the molecule is COc1cc(/C=C/C(=O)O[C@H](C(=O)NC2CC2)c2ccccc2)ccc1OC(F)F. The van der Waals surface area contributed by atoms with Crippen LogP contribution < -0.4 is 14.8 Å². The fourth-order valence-corrected chi connectivity index (χ4v) is 2.71. The third kappa shape index (κ3) is 6.04. The van der Waals surface area contributed by atoms with Gasteiger partial charge in [0.15, 0.2) is 11.5 Å². The van der Waals surface area contributed by atoms with E-state index in [4.69, 9.17) is 9.47 Å². The van der Waals surface area contributed by atoms with Gasteiger partial charge in [-0.25, -0.2) is 4.79 Å². The highest BCUT2D eigenvalue weighted by Gasteiger charge is 2.30. The molecule has 1 saturated carbocycles. The molecule has 2 aromatic rings. The maximum absolute atomic E-state index is 12.5. The summed E-state index contributed by atoms with van der Waals surface area (Å²) < 4.78 is 39.6. The van der Waals surface area contributed by atoms with E-state index in [0.717, 1.165) is 18.9 Å². The maximum Gasteiger partial charge on any atom is 0.387 e. The molecule has 1 aliphatic rings. The van der Waals surface area contributed by atoms with Gasteiger partial charge in [-0.2, -0.15) is 8.78 Å². The zero-order valence-corrected chi connectivity index (χ0v) is 16.2. The van der Waals surface area contributed by atoms with Crippen LogP contribution in [0.1, 0.15) is 30.1 Å². The van der Waals surface area contributed by atoms with Crippen molar-refractivity contribution in [2.75, 3.05) is 7.11 Å². The average Bonchev–Trinajstić information content (AvgIpc) is 3.55. The molecule has 0 aliphatic heterocycles. The van der Waals surface area contributed by atoms with Gasteiger partial charge in [0, 0.05) is 17.7 Å². The van der Waals surface area contributed by atoms with E-state index in [1.54, 1.807) is 30.3 Å². The van der Waals surface area contributed by atoms with Crippen LogP contribution in [0.2, 0.25) is 0 Å². The van der Waals surface area contributed by atoms with Crippen molar-refractivity contribution in [1.29, 1.82) is 0 Å². The molecule has 158 valence electrons. The average molecular weight is 417 g/mol. The lowest BCUT2D eigenvalue weighted by atomic mass is 10.1. The van der Waals surface area contributed by atoms with E-state index in [0.29, 0.717) is 11.1 Å². The summed E-state index contributed by atoms with van der Waals surface area (Å²) in [5.41, 5.74) is 1.07.